The van der Waals surface area contributed by atoms with Crippen LogP contribution in [-0.4, -0.2) is 45.1 Å². The van der Waals surface area contributed by atoms with E-state index in [9.17, 15) is 9.59 Å². The van der Waals surface area contributed by atoms with E-state index in [1.54, 1.807) is 31.9 Å². The van der Waals surface area contributed by atoms with Gasteiger partial charge in [-0.1, -0.05) is 17.9 Å². The Bertz CT molecular complexity index is 1470. The monoisotopic (exact) mass is 446 g/mol. The number of rotatable bonds is 5. The largest absolute Gasteiger partial charge is 0.472 e. The fraction of sp³-hybridized carbons (Fsp3) is 0.292. The van der Waals surface area contributed by atoms with Crippen molar-refractivity contribution in [3.05, 3.63) is 74.6 Å². The smallest absolute Gasteiger partial charge is 0.333 e. The topological polar surface area (TPSA) is 93.4 Å². The highest BCUT2D eigenvalue weighted by molar-refractivity contribution is 5.72. The van der Waals surface area contributed by atoms with E-state index < -0.39 is 11.2 Å². The van der Waals surface area contributed by atoms with Gasteiger partial charge in [-0.15, -0.1) is 6.42 Å². The molecule has 3 aromatic rings. The predicted molar refractivity (Wildman–Crippen MR) is 122 cm³/mol. The zero-order chi connectivity index (χ0) is 23.5. The van der Waals surface area contributed by atoms with Crippen molar-refractivity contribution in [2.75, 3.05) is 14.2 Å². The number of fused-ring (bicyclic) bond motifs is 1. The van der Waals surface area contributed by atoms with Crippen LogP contribution in [0.2, 0.25) is 0 Å². The number of hydrogen-bond acceptors (Lipinski definition) is 6. The third kappa shape index (κ3) is 4.08. The fourth-order valence-electron chi connectivity index (χ4n) is 3.67. The van der Waals surface area contributed by atoms with Gasteiger partial charge in [-0.25, -0.2) is 14.3 Å². The highest BCUT2D eigenvalue weighted by atomic mass is 16.5. The first-order valence-corrected chi connectivity index (χ1v) is 10.1. The lowest BCUT2D eigenvalue weighted by atomic mass is 10.0. The summed E-state index contributed by atoms with van der Waals surface area (Å²) in [7, 11) is 4.89. The molecule has 0 spiro atoms. The molecule has 0 saturated heterocycles. The molecule has 0 saturated carbocycles. The molecule has 0 amide bonds. The van der Waals surface area contributed by atoms with Crippen molar-refractivity contribution in [3.8, 4) is 24.2 Å². The van der Waals surface area contributed by atoms with Crippen LogP contribution < -0.4 is 11.2 Å². The predicted octanol–water partition coefficient (Wildman–Crippen LogP) is 1.05. The summed E-state index contributed by atoms with van der Waals surface area (Å²) in [5, 5.41) is 0. The molecule has 0 N–H and O–H groups in total. The van der Waals surface area contributed by atoms with E-state index >= 15 is 0 Å². The molecule has 3 heterocycles. The number of aryl methyl sites for hydroxylation is 1. The number of allylic oxidation sites excluding steroid dienone is 2. The van der Waals surface area contributed by atoms with Crippen LogP contribution in [0.1, 0.15) is 11.4 Å². The Morgan fingerprint density at radius 2 is 1.97 bits per heavy atom. The molecule has 0 fully saturated rings. The van der Waals surface area contributed by atoms with Gasteiger partial charge in [0.25, 0.3) is 5.56 Å². The van der Waals surface area contributed by atoms with Gasteiger partial charge in [-0.2, -0.15) is 0 Å². The second-order valence-corrected chi connectivity index (χ2v) is 7.39. The minimum absolute atomic E-state index is 0.151. The molecule has 0 radical (unpaired) electrons. The van der Waals surface area contributed by atoms with Gasteiger partial charge < -0.3 is 18.5 Å². The summed E-state index contributed by atoms with van der Waals surface area (Å²) in [4.78, 5) is 30.6. The Kier molecular flexibility index (Phi) is 6.18. The molecule has 1 aliphatic carbocycles. The molecule has 2 unspecified atom stereocenters. The maximum Gasteiger partial charge on any atom is 0.333 e. The Labute approximate surface area is 189 Å². The van der Waals surface area contributed by atoms with Gasteiger partial charge in [0.05, 0.1) is 25.6 Å². The number of terminal acetylenes is 1. The number of furan rings is 1. The van der Waals surface area contributed by atoms with Crippen molar-refractivity contribution in [1.82, 2.24) is 18.7 Å². The zero-order valence-corrected chi connectivity index (χ0v) is 18.4. The minimum atomic E-state index is -0.546. The summed E-state index contributed by atoms with van der Waals surface area (Å²) in [5.74, 6) is 8.74. The van der Waals surface area contributed by atoms with Crippen LogP contribution in [0.25, 0.3) is 11.2 Å². The van der Waals surface area contributed by atoms with Gasteiger partial charge in [0.1, 0.15) is 12.2 Å². The van der Waals surface area contributed by atoms with Crippen LogP contribution in [0, 0.1) is 24.2 Å². The average Bonchev–Trinajstić information content (AvgIpc) is 3.45. The summed E-state index contributed by atoms with van der Waals surface area (Å²) in [5.41, 5.74) is 0.879. The summed E-state index contributed by atoms with van der Waals surface area (Å²) in [6, 6.07) is 1.74. The van der Waals surface area contributed by atoms with E-state index in [0.29, 0.717) is 5.82 Å². The van der Waals surface area contributed by atoms with Gasteiger partial charge in [-0.3, -0.25) is 9.36 Å². The van der Waals surface area contributed by atoms with Crippen LogP contribution in [0.3, 0.4) is 0 Å². The number of hydrogen-bond donors (Lipinski definition) is 0. The van der Waals surface area contributed by atoms with Crippen molar-refractivity contribution in [1.29, 1.82) is 0 Å². The molecule has 168 valence electrons. The minimum Gasteiger partial charge on any atom is -0.472 e. The quantitative estimate of drug-likeness (QED) is 0.544. The summed E-state index contributed by atoms with van der Waals surface area (Å²) in [6.45, 7) is 0.0182. The zero-order valence-electron chi connectivity index (χ0n) is 18.4. The van der Waals surface area contributed by atoms with Gasteiger partial charge >= 0.3 is 5.69 Å². The molecular formula is C24H22N4O5. The van der Waals surface area contributed by atoms with Crippen LogP contribution in [0.15, 0.2) is 56.4 Å². The van der Waals surface area contributed by atoms with Crippen molar-refractivity contribution < 1.29 is 13.9 Å². The van der Waals surface area contributed by atoms with E-state index in [1.807, 2.05) is 18.2 Å². The summed E-state index contributed by atoms with van der Waals surface area (Å²) >= 11 is 0. The Balaban J connectivity index is 1.85. The Morgan fingerprint density at radius 3 is 2.64 bits per heavy atom. The molecule has 1 aliphatic rings. The van der Waals surface area contributed by atoms with Crippen molar-refractivity contribution in [2.45, 2.75) is 25.3 Å². The van der Waals surface area contributed by atoms with Crippen molar-refractivity contribution in [2.24, 2.45) is 7.05 Å². The third-order valence-corrected chi connectivity index (χ3v) is 5.41. The van der Waals surface area contributed by atoms with Crippen molar-refractivity contribution >= 4 is 11.2 Å². The average molecular weight is 446 g/mol. The molecule has 2 atom stereocenters. The first-order chi connectivity index (χ1) is 16.0. The van der Waals surface area contributed by atoms with E-state index in [-0.39, 0.29) is 36.5 Å². The van der Waals surface area contributed by atoms with Crippen molar-refractivity contribution in [3.63, 3.8) is 0 Å². The van der Waals surface area contributed by atoms with E-state index in [2.05, 4.69) is 22.7 Å². The molecule has 0 aromatic carbocycles. The lowest BCUT2D eigenvalue weighted by Crippen LogP contribution is -2.40. The first kappa shape index (κ1) is 22.2. The molecule has 4 rings (SSSR count). The molecule has 9 heteroatoms. The maximum absolute atomic E-state index is 13.1. The van der Waals surface area contributed by atoms with Crippen LogP contribution in [0.4, 0.5) is 0 Å². The highest BCUT2D eigenvalue weighted by Gasteiger charge is 2.21. The fourth-order valence-corrected chi connectivity index (χ4v) is 3.67. The molecule has 3 aromatic heterocycles. The highest BCUT2D eigenvalue weighted by Crippen LogP contribution is 2.16. The lowest BCUT2D eigenvalue weighted by molar-refractivity contribution is 0.0136. The molecule has 0 aliphatic heterocycles. The van der Waals surface area contributed by atoms with Crippen LogP contribution in [0.5, 0.6) is 0 Å². The SMILES string of the molecule is C#CCn1c(=O)c2c(nc(C#CC3=CC(OC)C(OC)C=C3)n2C)n(Cc2ccoc2)c1=O. The van der Waals surface area contributed by atoms with Gasteiger partial charge in [0, 0.05) is 32.4 Å². The third-order valence-electron chi connectivity index (χ3n) is 5.41. The Morgan fingerprint density at radius 1 is 1.18 bits per heavy atom. The second-order valence-electron chi connectivity index (χ2n) is 7.39. The molecule has 9 nitrogen and oxygen atoms in total. The second kappa shape index (κ2) is 9.21. The number of nitrogens with zero attached hydrogens (tertiary/aromatic N) is 4. The van der Waals surface area contributed by atoms with E-state index in [4.69, 9.17) is 20.3 Å². The first-order valence-electron chi connectivity index (χ1n) is 10.1. The molecule has 33 heavy (non-hydrogen) atoms. The van der Waals surface area contributed by atoms with E-state index in [0.717, 1.165) is 15.7 Å². The Hall–Kier alpha value is -4.05. The maximum atomic E-state index is 13.1. The lowest BCUT2D eigenvalue weighted by Gasteiger charge is -2.22. The van der Waals surface area contributed by atoms with Gasteiger partial charge in [-0.05, 0) is 24.1 Å². The summed E-state index contributed by atoms with van der Waals surface area (Å²) in [6.07, 6.45) is 13.5. The number of aromatic nitrogens is 4. The molecular weight excluding hydrogens is 424 g/mol. The standard InChI is InChI=1S/C24H22N4O5/c1-5-11-27-23(29)21-22(28(24(27)30)14-17-10-12-33-15-17)25-20(26(21)2)9-7-16-6-8-18(31-3)19(13-16)32-4/h1,6,8,10,12-13,15,18-19H,11,14H2,2-4H3. The normalized spacial score (nSPS) is 17.5. The van der Waals surface area contributed by atoms with Crippen LogP contribution >= 0.6 is 0 Å². The van der Waals surface area contributed by atoms with Gasteiger partial charge in [0.2, 0.25) is 0 Å². The van der Waals surface area contributed by atoms with E-state index in [1.165, 1.54) is 17.1 Å². The summed E-state index contributed by atoms with van der Waals surface area (Å²) < 4.78 is 19.9. The number of methoxy groups -OCH3 is 2. The molecule has 0 bridgehead atoms. The number of ether oxygens (including phenoxy) is 2. The van der Waals surface area contributed by atoms with Gasteiger partial charge in [0.15, 0.2) is 17.0 Å². The van der Waals surface area contributed by atoms with Crippen LogP contribution in [-0.2, 0) is 29.6 Å². The number of imidazole rings is 1.